The van der Waals surface area contributed by atoms with Gasteiger partial charge in [0.15, 0.2) is 0 Å². The van der Waals surface area contributed by atoms with Crippen molar-refractivity contribution in [3.8, 4) is 5.75 Å². The maximum Gasteiger partial charge on any atom is 0.320 e. The molecule has 0 heterocycles. The molecule has 1 rings (SSSR count). The lowest BCUT2D eigenvalue weighted by atomic mass is 10.0. The zero-order valence-electron chi connectivity index (χ0n) is 8.90. The maximum atomic E-state index is 10.6. The van der Waals surface area contributed by atoms with Crippen LogP contribution in [0.2, 0.25) is 5.02 Å². The fourth-order valence-corrected chi connectivity index (χ4v) is 1.66. The Morgan fingerprint density at radius 1 is 1.56 bits per heavy atom. The number of phenols is 1. The molecule has 1 aromatic rings. The van der Waals surface area contributed by atoms with Crippen molar-refractivity contribution >= 4 is 17.6 Å². The minimum absolute atomic E-state index is 0.0642. The first-order chi connectivity index (χ1) is 7.45. The van der Waals surface area contributed by atoms with Gasteiger partial charge in [-0.3, -0.25) is 4.79 Å². The highest BCUT2D eigenvalue weighted by Crippen LogP contribution is 2.30. The summed E-state index contributed by atoms with van der Waals surface area (Å²) in [5.41, 5.74) is 6.82. The Balaban J connectivity index is 3.03. The number of hydrogen-bond acceptors (Lipinski definition) is 3. The number of carboxylic acids is 1. The van der Waals surface area contributed by atoms with Crippen LogP contribution in [-0.4, -0.2) is 22.2 Å². The van der Waals surface area contributed by atoms with Gasteiger partial charge in [-0.05, 0) is 23.6 Å². The average molecular weight is 244 g/mol. The van der Waals surface area contributed by atoms with Crippen molar-refractivity contribution in [1.82, 2.24) is 0 Å². The van der Waals surface area contributed by atoms with Gasteiger partial charge >= 0.3 is 5.97 Å². The molecule has 0 aliphatic carbocycles. The summed E-state index contributed by atoms with van der Waals surface area (Å²) < 4.78 is 0. The Morgan fingerprint density at radius 3 is 2.69 bits per heavy atom. The molecule has 1 atom stereocenters. The fraction of sp³-hybridized carbons (Fsp3) is 0.364. The lowest BCUT2D eigenvalue weighted by Gasteiger charge is -2.11. The molecule has 0 aliphatic heterocycles. The fourth-order valence-electron chi connectivity index (χ4n) is 1.40. The number of halogens is 1. The van der Waals surface area contributed by atoms with E-state index >= 15 is 0 Å². The number of hydrogen-bond donors (Lipinski definition) is 3. The molecule has 4 N–H and O–H groups in total. The van der Waals surface area contributed by atoms with Crippen LogP contribution in [0.25, 0.3) is 0 Å². The molecule has 0 spiro atoms. The molecular formula is C11H14ClNO3. The van der Waals surface area contributed by atoms with Crippen LogP contribution in [-0.2, 0) is 17.6 Å². The number of benzene rings is 1. The average Bonchev–Trinajstić information content (AvgIpc) is 2.24. The Morgan fingerprint density at radius 2 is 2.19 bits per heavy atom. The van der Waals surface area contributed by atoms with Crippen LogP contribution in [0.3, 0.4) is 0 Å². The number of nitrogens with two attached hydrogens (primary N) is 1. The highest BCUT2D eigenvalue weighted by molar-refractivity contribution is 6.32. The predicted octanol–water partition coefficient (Wildman–Crippen LogP) is 1.56. The summed E-state index contributed by atoms with van der Waals surface area (Å²) in [6.45, 7) is 1.95. The van der Waals surface area contributed by atoms with Gasteiger partial charge in [0, 0.05) is 6.42 Å². The number of aliphatic carboxylic acids is 1. The van der Waals surface area contributed by atoms with Gasteiger partial charge in [0.05, 0.1) is 5.02 Å². The quantitative estimate of drug-likeness (QED) is 0.749. The first-order valence-corrected chi connectivity index (χ1v) is 5.32. The van der Waals surface area contributed by atoms with E-state index in [1.165, 1.54) is 0 Å². The van der Waals surface area contributed by atoms with Crippen molar-refractivity contribution in [1.29, 1.82) is 0 Å². The zero-order valence-corrected chi connectivity index (χ0v) is 9.66. The molecule has 1 unspecified atom stereocenters. The van der Waals surface area contributed by atoms with Gasteiger partial charge in [-0.25, -0.2) is 0 Å². The van der Waals surface area contributed by atoms with Gasteiger partial charge in [0.2, 0.25) is 0 Å². The van der Waals surface area contributed by atoms with Gasteiger partial charge < -0.3 is 15.9 Å². The van der Waals surface area contributed by atoms with Crippen LogP contribution in [0.15, 0.2) is 12.1 Å². The van der Waals surface area contributed by atoms with Crippen molar-refractivity contribution in [2.45, 2.75) is 25.8 Å². The summed E-state index contributed by atoms with van der Waals surface area (Å²) in [7, 11) is 0. The minimum Gasteiger partial charge on any atom is -0.506 e. The SMILES string of the molecule is CCc1cc(Cl)c(O)c(CC(N)C(=O)O)c1. The van der Waals surface area contributed by atoms with Crippen molar-refractivity contribution in [2.24, 2.45) is 5.73 Å². The van der Waals surface area contributed by atoms with E-state index in [1.54, 1.807) is 12.1 Å². The molecule has 5 heteroatoms. The van der Waals surface area contributed by atoms with E-state index in [2.05, 4.69) is 0 Å². The molecule has 16 heavy (non-hydrogen) atoms. The molecule has 0 aliphatic rings. The molecular weight excluding hydrogens is 230 g/mol. The van der Waals surface area contributed by atoms with E-state index in [4.69, 9.17) is 22.4 Å². The molecule has 0 bridgehead atoms. The Hall–Kier alpha value is -1.26. The lowest BCUT2D eigenvalue weighted by molar-refractivity contribution is -0.138. The number of aromatic hydroxyl groups is 1. The monoisotopic (exact) mass is 243 g/mol. The Bertz CT molecular complexity index is 406. The van der Waals surface area contributed by atoms with Gasteiger partial charge in [0.1, 0.15) is 11.8 Å². The molecule has 0 fully saturated rings. The normalized spacial score (nSPS) is 12.4. The number of aryl methyl sites for hydroxylation is 1. The topological polar surface area (TPSA) is 83.5 Å². The van der Waals surface area contributed by atoms with E-state index in [9.17, 15) is 9.90 Å². The summed E-state index contributed by atoms with van der Waals surface area (Å²) in [6, 6.07) is 2.35. The molecule has 0 saturated heterocycles. The zero-order chi connectivity index (χ0) is 12.3. The largest absolute Gasteiger partial charge is 0.506 e. The highest BCUT2D eigenvalue weighted by Gasteiger charge is 2.16. The summed E-state index contributed by atoms with van der Waals surface area (Å²) in [5.74, 6) is -1.19. The summed E-state index contributed by atoms with van der Waals surface area (Å²) in [5, 5.41) is 18.6. The van der Waals surface area contributed by atoms with E-state index in [0.29, 0.717) is 5.56 Å². The van der Waals surface area contributed by atoms with Crippen LogP contribution < -0.4 is 5.73 Å². The molecule has 4 nitrogen and oxygen atoms in total. The molecule has 0 radical (unpaired) electrons. The smallest absolute Gasteiger partial charge is 0.320 e. The van der Waals surface area contributed by atoms with Crippen LogP contribution in [0.4, 0.5) is 0 Å². The molecule has 1 aromatic carbocycles. The van der Waals surface area contributed by atoms with Gasteiger partial charge in [-0.2, -0.15) is 0 Å². The number of rotatable bonds is 4. The third-order valence-electron chi connectivity index (χ3n) is 2.37. The van der Waals surface area contributed by atoms with Crippen LogP contribution in [0, 0.1) is 0 Å². The van der Waals surface area contributed by atoms with Crippen molar-refractivity contribution in [3.63, 3.8) is 0 Å². The van der Waals surface area contributed by atoms with Crippen LogP contribution in [0.5, 0.6) is 5.75 Å². The first-order valence-electron chi connectivity index (χ1n) is 4.94. The molecule has 0 amide bonds. The minimum atomic E-state index is -1.10. The maximum absolute atomic E-state index is 10.6. The van der Waals surface area contributed by atoms with Crippen molar-refractivity contribution < 1.29 is 15.0 Å². The van der Waals surface area contributed by atoms with Gasteiger partial charge in [-0.1, -0.05) is 24.6 Å². The van der Waals surface area contributed by atoms with Gasteiger partial charge in [0.25, 0.3) is 0 Å². The number of carboxylic acid groups (broad SMARTS) is 1. The number of carbonyl (C=O) groups is 1. The van der Waals surface area contributed by atoms with E-state index in [-0.39, 0.29) is 17.2 Å². The second-order valence-corrected chi connectivity index (χ2v) is 3.99. The molecule has 0 aromatic heterocycles. The third kappa shape index (κ3) is 2.87. The first kappa shape index (κ1) is 12.8. The number of phenolic OH excluding ortho intramolecular Hbond substituents is 1. The summed E-state index contributed by atoms with van der Waals surface area (Å²) >= 11 is 5.82. The second-order valence-electron chi connectivity index (χ2n) is 3.59. The summed E-state index contributed by atoms with van der Waals surface area (Å²) in [6.07, 6.45) is 0.823. The molecule has 0 saturated carbocycles. The van der Waals surface area contributed by atoms with Gasteiger partial charge in [-0.15, -0.1) is 0 Å². The molecule has 88 valence electrons. The van der Waals surface area contributed by atoms with E-state index < -0.39 is 12.0 Å². The van der Waals surface area contributed by atoms with E-state index in [1.807, 2.05) is 6.92 Å². The van der Waals surface area contributed by atoms with Crippen molar-refractivity contribution in [2.75, 3.05) is 0 Å². The Labute approximate surface area is 98.6 Å². The third-order valence-corrected chi connectivity index (χ3v) is 2.66. The highest BCUT2D eigenvalue weighted by atomic mass is 35.5. The van der Waals surface area contributed by atoms with Crippen LogP contribution in [0.1, 0.15) is 18.1 Å². The van der Waals surface area contributed by atoms with Crippen LogP contribution >= 0.6 is 11.6 Å². The Kier molecular flexibility index (Phi) is 4.15. The lowest BCUT2D eigenvalue weighted by Crippen LogP contribution is -2.32. The standard InChI is InChI=1S/C11H14ClNO3/c1-2-6-3-7(5-9(13)11(15)16)10(14)8(12)4-6/h3-4,9,14H,2,5,13H2,1H3,(H,15,16). The predicted molar refractivity (Wildman–Crippen MR) is 61.8 cm³/mol. The van der Waals surface area contributed by atoms with E-state index in [0.717, 1.165) is 12.0 Å². The summed E-state index contributed by atoms with van der Waals surface area (Å²) in [4.78, 5) is 10.6. The van der Waals surface area contributed by atoms with Crippen molar-refractivity contribution in [3.05, 3.63) is 28.3 Å². The second kappa shape index (κ2) is 5.18.